The van der Waals surface area contributed by atoms with Gasteiger partial charge in [0.15, 0.2) is 11.5 Å². The zero-order valence-corrected chi connectivity index (χ0v) is 18.9. The summed E-state index contributed by atoms with van der Waals surface area (Å²) in [4.78, 5) is 29.8. The van der Waals surface area contributed by atoms with Crippen LogP contribution in [0.25, 0.3) is 0 Å². The molecule has 7 heteroatoms. The van der Waals surface area contributed by atoms with Gasteiger partial charge >= 0.3 is 0 Å². The second kappa shape index (κ2) is 9.83. The fourth-order valence-corrected chi connectivity index (χ4v) is 5.05. The van der Waals surface area contributed by atoms with Crippen LogP contribution in [0.1, 0.15) is 47.6 Å². The molecule has 5 rings (SSSR count). The molecule has 2 aromatic rings. The third-order valence-corrected chi connectivity index (χ3v) is 6.84. The highest BCUT2D eigenvalue weighted by Crippen LogP contribution is 2.38. The van der Waals surface area contributed by atoms with Crippen LogP contribution in [0.5, 0.6) is 11.5 Å². The topological polar surface area (TPSA) is 71.1 Å². The van der Waals surface area contributed by atoms with E-state index in [1.807, 2.05) is 47.4 Å². The van der Waals surface area contributed by atoms with Crippen LogP contribution in [0, 0.1) is 0 Å². The van der Waals surface area contributed by atoms with Crippen LogP contribution in [-0.2, 0) is 4.79 Å². The Balaban J connectivity index is 1.14. The molecule has 1 atom stereocenters. The Kier molecular flexibility index (Phi) is 6.48. The summed E-state index contributed by atoms with van der Waals surface area (Å²) in [5, 5.41) is 3.13. The van der Waals surface area contributed by atoms with Gasteiger partial charge in [-0.1, -0.05) is 24.3 Å². The number of nitrogens with one attached hydrogen (secondary N) is 1. The van der Waals surface area contributed by atoms with Crippen molar-refractivity contribution < 1.29 is 19.1 Å². The number of fused-ring (bicyclic) bond motifs is 1. The van der Waals surface area contributed by atoms with Gasteiger partial charge in [0.2, 0.25) is 5.91 Å². The highest BCUT2D eigenvalue weighted by atomic mass is 16.6. The fourth-order valence-electron chi connectivity index (χ4n) is 5.05. The lowest BCUT2D eigenvalue weighted by molar-refractivity contribution is -0.133. The van der Waals surface area contributed by atoms with Crippen molar-refractivity contribution in [3.63, 3.8) is 0 Å². The third kappa shape index (κ3) is 4.98. The Hall–Kier alpha value is -3.06. The van der Waals surface area contributed by atoms with Crippen LogP contribution in [0.2, 0.25) is 0 Å². The van der Waals surface area contributed by atoms with E-state index in [0.717, 1.165) is 62.4 Å². The summed E-state index contributed by atoms with van der Waals surface area (Å²) in [5.41, 5.74) is 1.81. The van der Waals surface area contributed by atoms with E-state index < -0.39 is 0 Å². The van der Waals surface area contributed by atoms with Crippen LogP contribution in [0.15, 0.2) is 48.5 Å². The van der Waals surface area contributed by atoms with E-state index >= 15 is 0 Å². The summed E-state index contributed by atoms with van der Waals surface area (Å²) in [7, 11) is 0. The Morgan fingerprint density at radius 2 is 1.67 bits per heavy atom. The number of benzene rings is 2. The first-order valence-corrected chi connectivity index (χ1v) is 11.9. The van der Waals surface area contributed by atoms with Crippen molar-refractivity contribution in [2.24, 2.45) is 0 Å². The summed E-state index contributed by atoms with van der Waals surface area (Å²) in [6, 6.07) is 15.6. The first kappa shape index (κ1) is 21.8. The number of carbonyl (C=O) groups is 2. The van der Waals surface area contributed by atoms with E-state index in [1.54, 1.807) is 0 Å². The highest BCUT2D eigenvalue weighted by Gasteiger charge is 2.32. The molecular formula is C26H31N3O4. The molecule has 1 N–H and O–H groups in total. The predicted octanol–water partition coefficient (Wildman–Crippen LogP) is 3.02. The van der Waals surface area contributed by atoms with Crippen LogP contribution in [-0.4, -0.2) is 67.0 Å². The van der Waals surface area contributed by atoms with E-state index in [2.05, 4.69) is 16.3 Å². The van der Waals surface area contributed by atoms with E-state index in [4.69, 9.17) is 9.47 Å². The van der Waals surface area contributed by atoms with Gasteiger partial charge in [-0.25, -0.2) is 0 Å². The molecule has 0 saturated carbocycles. The number of ether oxygens (including phenoxy) is 2. The minimum absolute atomic E-state index is 0.0236. The molecular weight excluding hydrogens is 418 g/mol. The van der Waals surface area contributed by atoms with Crippen LogP contribution < -0.4 is 14.8 Å². The van der Waals surface area contributed by atoms with E-state index in [-0.39, 0.29) is 23.9 Å². The maximum Gasteiger partial charge on any atom is 0.251 e. The number of piperidine rings is 1. The summed E-state index contributed by atoms with van der Waals surface area (Å²) in [5.74, 6) is 1.71. The largest absolute Gasteiger partial charge is 0.486 e. The number of rotatable bonds is 5. The van der Waals surface area contributed by atoms with Gasteiger partial charge in [-0.15, -0.1) is 0 Å². The Morgan fingerprint density at radius 1 is 0.909 bits per heavy atom. The fraction of sp³-hybridized carbons (Fsp3) is 0.462. The number of carbonyl (C=O) groups excluding carboxylic acids is 2. The molecule has 33 heavy (non-hydrogen) atoms. The summed E-state index contributed by atoms with van der Waals surface area (Å²) >= 11 is 0. The van der Waals surface area contributed by atoms with Crippen molar-refractivity contribution in [2.75, 3.05) is 39.4 Å². The molecule has 2 fully saturated rings. The van der Waals surface area contributed by atoms with Crippen LogP contribution in [0.3, 0.4) is 0 Å². The molecule has 3 aliphatic heterocycles. The molecule has 3 heterocycles. The minimum atomic E-state index is -0.0236. The average Bonchev–Trinajstić information content (AvgIpc) is 3.36. The lowest BCUT2D eigenvalue weighted by atomic mass is 10.0. The number of nitrogens with zero attached hydrogens (tertiary/aromatic N) is 2. The Labute approximate surface area is 194 Å². The summed E-state index contributed by atoms with van der Waals surface area (Å²) in [6.07, 6.45) is 3.70. The zero-order valence-electron chi connectivity index (χ0n) is 18.9. The Bertz CT molecular complexity index is 988. The number of hydrogen-bond acceptors (Lipinski definition) is 5. The second-order valence-electron chi connectivity index (χ2n) is 9.04. The van der Waals surface area contributed by atoms with Gasteiger partial charge in [-0.3, -0.25) is 14.5 Å². The zero-order chi connectivity index (χ0) is 22.6. The maximum absolute atomic E-state index is 13.2. The monoisotopic (exact) mass is 449 g/mol. The maximum atomic E-state index is 13.2. The van der Waals surface area contributed by atoms with Gasteiger partial charge in [-0.2, -0.15) is 0 Å². The minimum Gasteiger partial charge on any atom is -0.486 e. The molecule has 0 spiro atoms. The van der Waals surface area contributed by atoms with Crippen molar-refractivity contribution in [3.8, 4) is 11.5 Å². The van der Waals surface area contributed by atoms with Crippen molar-refractivity contribution in [3.05, 3.63) is 59.7 Å². The van der Waals surface area contributed by atoms with Gasteiger partial charge in [-0.05, 0) is 55.5 Å². The smallest absolute Gasteiger partial charge is 0.251 e. The van der Waals surface area contributed by atoms with Gasteiger partial charge in [0.1, 0.15) is 13.2 Å². The number of amides is 2. The summed E-state index contributed by atoms with van der Waals surface area (Å²) < 4.78 is 11.4. The molecule has 0 aliphatic carbocycles. The van der Waals surface area contributed by atoms with Crippen molar-refractivity contribution in [1.82, 2.24) is 15.1 Å². The molecule has 0 bridgehead atoms. The average molecular weight is 450 g/mol. The van der Waals surface area contributed by atoms with Crippen molar-refractivity contribution in [2.45, 2.75) is 37.8 Å². The quantitative estimate of drug-likeness (QED) is 0.760. The molecule has 3 aliphatic rings. The van der Waals surface area contributed by atoms with Gasteiger partial charge < -0.3 is 19.7 Å². The van der Waals surface area contributed by atoms with Crippen LogP contribution in [0.4, 0.5) is 0 Å². The normalized spacial score (nSPS) is 21.1. The lowest BCUT2D eigenvalue weighted by Gasteiger charge is -2.34. The van der Waals surface area contributed by atoms with Crippen molar-refractivity contribution >= 4 is 11.8 Å². The Morgan fingerprint density at radius 3 is 2.45 bits per heavy atom. The molecule has 0 unspecified atom stereocenters. The highest BCUT2D eigenvalue weighted by molar-refractivity contribution is 5.94. The molecule has 2 aromatic carbocycles. The standard InChI is InChI=1S/C26H31N3O4/c30-25(18-28-13-10-21(11-14-28)27-26(31)19-5-2-1-3-6-19)29-12-4-7-22(29)20-8-9-23-24(17-20)33-16-15-32-23/h1-3,5-6,8-9,17,21-22H,4,7,10-16,18H2,(H,27,31)/t22-/m0/s1. The van der Waals surface area contributed by atoms with E-state index in [1.165, 1.54) is 0 Å². The molecule has 0 radical (unpaired) electrons. The lowest BCUT2D eigenvalue weighted by Crippen LogP contribution is -2.48. The molecule has 2 saturated heterocycles. The van der Waals surface area contributed by atoms with Crippen molar-refractivity contribution in [1.29, 1.82) is 0 Å². The number of hydrogen-bond donors (Lipinski definition) is 1. The first-order valence-electron chi connectivity index (χ1n) is 11.9. The molecule has 7 nitrogen and oxygen atoms in total. The molecule has 2 amide bonds. The third-order valence-electron chi connectivity index (χ3n) is 6.84. The van der Waals surface area contributed by atoms with E-state index in [9.17, 15) is 9.59 Å². The molecule has 174 valence electrons. The first-order chi connectivity index (χ1) is 16.2. The van der Waals surface area contributed by atoms with Gasteiger partial charge in [0.25, 0.3) is 5.91 Å². The summed E-state index contributed by atoms with van der Waals surface area (Å²) in [6.45, 7) is 3.99. The van der Waals surface area contributed by atoms with E-state index in [0.29, 0.717) is 25.3 Å². The predicted molar refractivity (Wildman–Crippen MR) is 124 cm³/mol. The second-order valence-corrected chi connectivity index (χ2v) is 9.04. The number of likely N-dealkylation sites (tertiary alicyclic amines) is 2. The SMILES string of the molecule is O=C(NC1CCN(CC(=O)N2CCC[C@H]2c2ccc3c(c2)OCCO3)CC1)c1ccccc1. The van der Waals surface area contributed by atoms with Gasteiger partial charge in [0.05, 0.1) is 12.6 Å². The van der Waals surface area contributed by atoms with Gasteiger partial charge in [0, 0.05) is 31.2 Å². The van der Waals surface area contributed by atoms with Crippen LogP contribution >= 0.6 is 0 Å². The molecule has 0 aromatic heterocycles.